The molecule has 0 aliphatic carbocycles. The van der Waals surface area contributed by atoms with E-state index in [-0.39, 0.29) is 23.4 Å². The van der Waals surface area contributed by atoms with Crippen LogP contribution < -0.4 is 21.3 Å². The predicted octanol–water partition coefficient (Wildman–Crippen LogP) is 10.4. The summed E-state index contributed by atoms with van der Waals surface area (Å²) in [5, 5.41) is 11.0. The average Bonchev–Trinajstić information content (AvgIpc) is 3.24. The molecular weight excluding hydrogens is 707 g/mol. The number of amides is 1. The molecule has 1 aromatic heterocycles. The number of carbonyl (C=O) groups excluding carboxylic acids is 3. The van der Waals surface area contributed by atoms with Crippen molar-refractivity contribution in [3.8, 4) is 0 Å². The van der Waals surface area contributed by atoms with Crippen LogP contribution in [0.25, 0.3) is 0 Å². The number of hydrogen-bond acceptors (Lipinski definition) is 11. The molecule has 0 aliphatic rings. The summed E-state index contributed by atoms with van der Waals surface area (Å²) in [5.74, 6) is -1.36. The third kappa shape index (κ3) is 14.3. The van der Waals surface area contributed by atoms with Crippen molar-refractivity contribution in [2.45, 2.75) is 105 Å². The van der Waals surface area contributed by atoms with Crippen LogP contribution in [0.2, 0.25) is 0 Å². The minimum Gasteiger partial charge on any atom is -0.462 e. The van der Waals surface area contributed by atoms with E-state index in [1.54, 1.807) is 48.5 Å². The minimum absolute atomic E-state index is 0.0101. The van der Waals surface area contributed by atoms with Gasteiger partial charge in [-0.1, -0.05) is 66.2 Å². The number of ether oxygens (including phenoxy) is 2. The first-order valence-corrected chi connectivity index (χ1v) is 19.2. The molecule has 0 saturated heterocycles. The highest BCUT2D eigenvalue weighted by molar-refractivity contribution is 5.95. The molecule has 0 bridgehead atoms. The van der Waals surface area contributed by atoms with E-state index >= 15 is 0 Å². The van der Waals surface area contributed by atoms with Crippen molar-refractivity contribution in [3.63, 3.8) is 0 Å². The molecule has 0 aliphatic heterocycles. The molecule has 56 heavy (non-hydrogen) atoms. The molecule has 4 aromatic rings. The van der Waals surface area contributed by atoms with Gasteiger partial charge in [-0.25, -0.2) is 9.59 Å². The number of esters is 2. The van der Waals surface area contributed by atoms with Crippen LogP contribution in [-0.4, -0.2) is 51.6 Å². The Morgan fingerprint density at radius 1 is 0.589 bits per heavy atom. The zero-order valence-corrected chi connectivity index (χ0v) is 32.5. The SMILES string of the molecule is [2H]C([2H])([2H])C(NC(=O)c1ccc(Nc2nc(Nc3ccc(C(=O)OCC(CC)CCCC)cc3)nc(Nc3ccc(C(=O)OCC(CC)CCCC)cc3)n2)cc1)(C([2H])([2H])[2H])C([2H])([2H])[2H]. The van der Waals surface area contributed by atoms with Gasteiger partial charge in [-0.05, 0) is 118 Å². The van der Waals surface area contributed by atoms with Gasteiger partial charge >= 0.3 is 11.9 Å². The number of hydrogen-bond donors (Lipinski definition) is 4. The van der Waals surface area contributed by atoms with Crippen LogP contribution >= 0.6 is 0 Å². The first-order valence-electron chi connectivity index (χ1n) is 23.7. The third-order valence-corrected chi connectivity index (χ3v) is 9.08. The van der Waals surface area contributed by atoms with Crippen molar-refractivity contribution in [2.75, 3.05) is 29.2 Å². The first-order chi connectivity index (χ1) is 30.6. The Balaban J connectivity index is 1.57. The van der Waals surface area contributed by atoms with Crippen LogP contribution in [0.4, 0.5) is 34.9 Å². The van der Waals surface area contributed by atoms with Gasteiger partial charge in [0.25, 0.3) is 5.91 Å². The summed E-state index contributed by atoms with van der Waals surface area (Å²) < 4.78 is 81.5. The molecule has 0 spiro atoms. The van der Waals surface area contributed by atoms with Gasteiger partial charge in [0, 0.05) is 40.5 Å². The van der Waals surface area contributed by atoms with E-state index in [0.29, 0.717) is 53.2 Å². The zero-order chi connectivity index (χ0) is 48.0. The molecule has 12 nitrogen and oxygen atoms in total. The summed E-state index contributed by atoms with van der Waals surface area (Å²) in [5.41, 5.74) is -1.66. The number of nitrogens with zero attached hydrogens (tertiary/aromatic N) is 3. The van der Waals surface area contributed by atoms with E-state index < -0.39 is 43.9 Å². The highest BCUT2D eigenvalue weighted by Crippen LogP contribution is 2.23. The van der Waals surface area contributed by atoms with Crippen LogP contribution in [0.3, 0.4) is 0 Å². The summed E-state index contributed by atoms with van der Waals surface area (Å²) in [6.07, 6.45) is 8.07. The molecule has 2 unspecified atom stereocenters. The number of rotatable bonds is 21. The van der Waals surface area contributed by atoms with Crippen LogP contribution in [0.5, 0.6) is 0 Å². The molecule has 3 aromatic carbocycles. The van der Waals surface area contributed by atoms with Crippen molar-refractivity contribution in [1.29, 1.82) is 0 Å². The number of carbonyl (C=O) groups is 3. The Bertz CT molecular complexity index is 2040. The molecule has 300 valence electrons. The van der Waals surface area contributed by atoms with Crippen molar-refractivity contribution < 1.29 is 36.2 Å². The Hall–Kier alpha value is -5.52. The van der Waals surface area contributed by atoms with Crippen molar-refractivity contribution in [2.24, 2.45) is 11.8 Å². The van der Waals surface area contributed by atoms with Gasteiger partial charge in [0.2, 0.25) is 17.8 Å². The van der Waals surface area contributed by atoms with E-state index in [0.717, 1.165) is 51.4 Å². The second-order valence-corrected chi connectivity index (χ2v) is 13.6. The molecule has 0 fully saturated rings. The number of nitrogens with one attached hydrogen (secondary N) is 4. The average molecular weight is 775 g/mol. The number of aromatic nitrogens is 3. The quantitative estimate of drug-likeness (QED) is 0.0597. The highest BCUT2D eigenvalue weighted by Gasteiger charge is 2.17. The molecule has 1 heterocycles. The van der Waals surface area contributed by atoms with Crippen molar-refractivity contribution in [1.82, 2.24) is 20.3 Å². The first kappa shape index (κ1) is 31.7. The van der Waals surface area contributed by atoms with E-state index in [9.17, 15) is 14.4 Å². The third-order valence-electron chi connectivity index (χ3n) is 9.08. The van der Waals surface area contributed by atoms with Crippen molar-refractivity contribution >= 4 is 52.8 Å². The Labute approximate surface area is 344 Å². The largest absolute Gasteiger partial charge is 0.462 e. The maximum absolute atomic E-state index is 13.3. The molecule has 4 rings (SSSR count). The topological polar surface area (TPSA) is 156 Å². The Morgan fingerprint density at radius 3 is 1.27 bits per heavy atom. The van der Waals surface area contributed by atoms with Gasteiger partial charge in [0.05, 0.1) is 24.3 Å². The lowest BCUT2D eigenvalue weighted by molar-refractivity contribution is 0.0419. The summed E-state index contributed by atoms with van der Waals surface area (Å²) in [7, 11) is 0. The fraction of sp³-hybridized carbons (Fsp3) is 0.455. The van der Waals surface area contributed by atoms with Gasteiger partial charge in [-0.3, -0.25) is 4.79 Å². The standard InChI is InChI=1S/C44H59N7O5/c1-8-12-14-30(10-3)28-55-39(53)33-18-24-36(25-19-33)46-42-48-41(45-35-22-16-32(17-23-35)38(52)51-44(5,6)7)49-43(50-42)47-37-26-20-34(21-27-37)40(54)56-29-31(11-4)15-13-9-2/h16-27,30-31H,8-15,28-29H2,1-7H3,(H,51,52)(H3,45,46,47,48,49,50)/i5D3,6D3,7D3. The van der Waals surface area contributed by atoms with Gasteiger partial charge in [-0.15, -0.1) is 0 Å². The molecule has 0 saturated carbocycles. The summed E-state index contributed by atoms with van der Waals surface area (Å²) in [4.78, 5) is 52.4. The predicted molar refractivity (Wildman–Crippen MR) is 223 cm³/mol. The number of unbranched alkanes of at least 4 members (excludes halogenated alkanes) is 2. The molecule has 4 N–H and O–H groups in total. The molecular formula is C44H59N7O5. The molecule has 12 heteroatoms. The summed E-state index contributed by atoms with van der Waals surface area (Å²) in [6, 6.07) is 18.4. The molecule has 1 amide bonds. The monoisotopic (exact) mass is 775 g/mol. The lowest BCUT2D eigenvalue weighted by Gasteiger charge is -2.20. The Morgan fingerprint density at radius 2 is 0.946 bits per heavy atom. The maximum Gasteiger partial charge on any atom is 0.338 e. The smallest absolute Gasteiger partial charge is 0.338 e. The van der Waals surface area contributed by atoms with E-state index in [1.165, 1.54) is 24.3 Å². The minimum atomic E-state index is -3.63. The lowest BCUT2D eigenvalue weighted by Crippen LogP contribution is -2.40. The second-order valence-electron chi connectivity index (χ2n) is 13.6. The lowest BCUT2D eigenvalue weighted by atomic mass is 10.0. The number of benzene rings is 3. The summed E-state index contributed by atoms with van der Waals surface area (Å²) in [6.45, 7) is -1.80. The van der Waals surface area contributed by atoms with Gasteiger partial charge in [-0.2, -0.15) is 15.0 Å². The van der Waals surface area contributed by atoms with Crippen LogP contribution in [0.1, 0.15) is 143 Å². The molecule has 0 radical (unpaired) electrons. The van der Waals surface area contributed by atoms with Gasteiger partial charge in [0.15, 0.2) is 0 Å². The van der Waals surface area contributed by atoms with Crippen LogP contribution in [-0.2, 0) is 9.47 Å². The Kier molecular flexibility index (Phi) is 12.2. The molecule has 2 atom stereocenters. The van der Waals surface area contributed by atoms with E-state index in [4.69, 9.17) is 21.8 Å². The van der Waals surface area contributed by atoms with Crippen LogP contribution in [0.15, 0.2) is 72.8 Å². The number of anilines is 6. The fourth-order valence-corrected chi connectivity index (χ4v) is 5.61. The second kappa shape index (κ2) is 21.5. The van der Waals surface area contributed by atoms with Gasteiger partial charge < -0.3 is 30.7 Å². The maximum atomic E-state index is 13.3. The van der Waals surface area contributed by atoms with Crippen molar-refractivity contribution in [3.05, 3.63) is 89.5 Å². The fourth-order valence-electron chi connectivity index (χ4n) is 5.61. The van der Waals surface area contributed by atoms with E-state index in [1.807, 2.05) is 5.32 Å². The van der Waals surface area contributed by atoms with Crippen LogP contribution in [0, 0.1) is 11.8 Å². The van der Waals surface area contributed by atoms with E-state index in [2.05, 4.69) is 58.6 Å². The zero-order valence-electron chi connectivity index (χ0n) is 41.5. The summed E-state index contributed by atoms with van der Waals surface area (Å²) >= 11 is 0. The normalized spacial score (nSPS) is 15.3. The van der Waals surface area contributed by atoms with Gasteiger partial charge in [0.1, 0.15) is 0 Å². The highest BCUT2D eigenvalue weighted by atomic mass is 16.5.